The second kappa shape index (κ2) is 5.88. The lowest BCUT2D eigenvalue weighted by atomic mass is 10.2. The van der Waals surface area contributed by atoms with Gasteiger partial charge in [0.2, 0.25) is 5.91 Å². The highest BCUT2D eigenvalue weighted by atomic mass is 16.5. The Morgan fingerprint density at radius 1 is 1.61 bits per heavy atom. The van der Waals surface area contributed by atoms with Crippen LogP contribution in [-0.4, -0.2) is 34.6 Å². The van der Waals surface area contributed by atoms with E-state index in [2.05, 4.69) is 15.3 Å². The van der Waals surface area contributed by atoms with Crippen molar-refractivity contribution in [3.8, 4) is 0 Å². The molecule has 1 aromatic heterocycles. The first-order valence-corrected chi connectivity index (χ1v) is 6.11. The normalized spacial score (nSPS) is 23.0. The van der Waals surface area contributed by atoms with E-state index in [0.29, 0.717) is 18.9 Å². The molecule has 2 heterocycles. The summed E-state index contributed by atoms with van der Waals surface area (Å²) in [6.45, 7) is 2.68. The molecule has 1 saturated heterocycles. The third-order valence-corrected chi connectivity index (χ3v) is 2.94. The molecule has 6 heteroatoms. The van der Waals surface area contributed by atoms with Crippen molar-refractivity contribution in [2.45, 2.75) is 38.5 Å². The molecule has 2 atom stereocenters. The molecule has 2 rings (SSSR count). The quantitative estimate of drug-likeness (QED) is 0.779. The van der Waals surface area contributed by atoms with Crippen LogP contribution in [-0.2, 0) is 16.1 Å². The number of hydrogen-bond donors (Lipinski definition) is 2. The molecule has 0 aromatic carbocycles. The molecule has 1 fully saturated rings. The van der Waals surface area contributed by atoms with Crippen LogP contribution in [0.5, 0.6) is 0 Å². The Kier molecular flexibility index (Phi) is 4.22. The molecule has 18 heavy (non-hydrogen) atoms. The Morgan fingerprint density at radius 2 is 2.44 bits per heavy atom. The second-order valence-corrected chi connectivity index (χ2v) is 4.37. The van der Waals surface area contributed by atoms with Crippen LogP contribution >= 0.6 is 0 Å². The van der Waals surface area contributed by atoms with Gasteiger partial charge < -0.3 is 15.8 Å². The van der Waals surface area contributed by atoms with Crippen molar-refractivity contribution in [3.05, 3.63) is 23.8 Å². The minimum atomic E-state index is -0.374. The molecule has 1 amide bonds. The van der Waals surface area contributed by atoms with Gasteiger partial charge in [0.25, 0.3) is 0 Å². The number of aryl methyl sites for hydroxylation is 1. The molecule has 0 spiro atoms. The third kappa shape index (κ3) is 3.24. The van der Waals surface area contributed by atoms with Gasteiger partial charge >= 0.3 is 0 Å². The summed E-state index contributed by atoms with van der Waals surface area (Å²) in [5.41, 5.74) is 6.30. The summed E-state index contributed by atoms with van der Waals surface area (Å²) in [6.07, 6.45) is 2.90. The van der Waals surface area contributed by atoms with Crippen LogP contribution in [0.2, 0.25) is 0 Å². The predicted molar refractivity (Wildman–Crippen MR) is 65.6 cm³/mol. The van der Waals surface area contributed by atoms with Crippen LogP contribution in [0.3, 0.4) is 0 Å². The number of nitrogens with zero attached hydrogens (tertiary/aromatic N) is 2. The maximum absolute atomic E-state index is 11.8. The van der Waals surface area contributed by atoms with Gasteiger partial charge in [-0.2, -0.15) is 0 Å². The van der Waals surface area contributed by atoms with E-state index in [-0.39, 0.29) is 18.1 Å². The van der Waals surface area contributed by atoms with Crippen molar-refractivity contribution in [2.24, 2.45) is 5.73 Å². The van der Waals surface area contributed by atoms with Crippen molar-refractivity contribution in [3.63, 3.8) is 0 Å². The number of rotatable bonds is 4. The van der Waals surface area contributed by atoms with E-state index in [4.69, 9.17) is 10.5 Å². The highest BCUT2D eigenvalue weighted by Crippen LogP contribution is 2.18. The van der Waals surface area contributed by atoms with Gasteiger partial charge in [0, 0.05) is 12.7 Å². The SMILES string of the molecule is Cc1nccc(CNC(=O)C2CCC(CN)O2)n1. The van der Waals surface area contributed by atoms with Gasteiger partial charge in [-0.3, -0.25) is 4.79 Å². The minimum Gasteiger partial charge on any atom is -0.364 e. The first-order chi connectivity index (χ1) is 8.69. The van der Waals surface area contributed by atoms with Gasteiger partial charge in [-0.1, -0.05) is 0 Å². The van der Waals surface area contributed by atoms with Crippen molar-refractivity contribution in [2.75, 3.05) is 6.54 Å². The van der Waals surface area contributed by atoms with Crippen molar-refractivity contribution >= 4 is 5.91 Å². The van der Waals surface area contributed by atoms with Gasteiger partial charge in [-0.15, -0.1) is 0 Å². The molecular weight excluding hydrogens is 232 g/mol. The van der Waals surface area contributed by atoms with E-state index in [1.165, 1.54) is 0 Å². The Labute approximate surface area is 106 Å². The zero-order valence-electron chi connectivity index (χ0n) is 10.4. The van der Waals surface area contributed by atoms with Gasteiger partial charge in [0.05, 0.1) is 18.3 Å². The summed E-state index contributed by atoms with van der Waals surface area (Å²) < 4.78 is 5.51. The first kappa shape index (κ1) is 12.9. The summed E-state index contributed by atoms with van der Waals surface area (Å²) in [6, 6.07) is 1.78. The summed E-state index contributed by atoms with van der Waals surface area (Å²) in [7, 11) is 0. The highest BCUT2D eigenvalue weighted by molar-refractivity contribution is 5.80. The lowest BCUT2D eigenvalue weighted by Gasteiger charge is -2.12. The maximum Gasteiger partial charge on any atom is 0.249 e. The van der Waals surface area contributed by atoms with E-state index in [9.17, 15) is 4.79 Å². The number of nitrogens with two attached hydrogens (primary N) is 1. The standard InChI is InChI=1S/C12H18N4O2/c1-8-14-5-4-9(16-8)7-15-12(17)11-3-2-10(6-13)18-11/h4-5,10-11H,2-3,6-7,13H2,1H3,(H,15,17). The van der Waals surface area contributed by atoms with Crippen molar-refractivity contribution in [1.82, 2.24) is 15.3 Å². The molecular formula is C12H18N4O2. The van der Waals surface area contributed by atoms with Crippen molar-refractivity contribution in [1.29, 1.82) is 0 Å². The zero-order valence-corrected chi connectivity index (χ0v) is 10.4. The van der Waals surface area contributed by atoms with E-state index in [1.54, 1.807) is 12.3 Å². The average molecular weight is 250 g/mol. The van der Waals surface area contributed by atoms with E-state index >= 15 is 0 Å². The Balaban J connectivity index is 1.82. The van der Waals surface area contributed by atoms with E-state index < -0.39 is 0 Å². The molecule has 2 unspecified atom stereocenters. The van der Waals surface area contributed by atoms with Crippen LogP contribution in [0, 0.1) is 6.92 Å². The van der Waals surface area contributed by atoms with Gasteiger partial charge in [0.1, 0.15) is 11.9 Å². The van der Waals surface area contributed by atoms with Crippen LogP contribution in [0.15, 0.2) is 12.3 Å². The fourth-order valence-corrected chi connectivity index (χ4v) is 1.97. The molecule has 0 aliphatic carbocycles. The lowest BCUT2D eigenvalue weighted by molar-refractivity contribution is -0.132. The Hall–Kier alpha value is -1.53. The van der Waals surface area contributed by atoms with Crippen LogP contribution in [0.25, 0.3) is 0 Å². The zero-order chi connectivity index (χ0) is 13.0. The number of carbonyl (C=O) groups excluding carboxylic acids is 1. The van der Waals surface area contributed by atoms with Crippen LogP contribution in [0.1, 0.15) is 24.4 Å². The second-order valence-electron chi connectivity index (χ2n) is 4.37. The lowest BCUT2D eigenvalue weighted by Crippen LogP contribution is -2.35. The monoisotopic (exact) mass is 250 g/mol. The van der Waals surface area contributed by atoms with E-state index in [1.807, 2.05) is 6.92 Å². The largest absolute Gasteiger partial charge is 0.364 e. The molecule has 98 valence electrons. The molecule has 0 bridgehead atoms. The van der Waals surface area contributed by atoms with E-state index in [0.717, 1.165) is 18.5 Å². The summed E-state index contributed by atoms with van der Waals surface area (Å²) >= 11 is 0. The van der Waals surface area contributed by atoms with Crippen molar-refractivity contribution < 1.29 is 9.53 Å². The summed E-state index contributed by atoms with van der Waals surface area (Å²) in [5, 5.41) is 2.82. The number of carbonyl (C=O) groups is 1. The average Bonchev–Trinajstić information content (AvgIpc) is 2.85. The fraction of sp³-hybridized carbons (Fsp3) is 0.583. The number of hydrogen-bond acceptors (Lipinski definition) is 5. The molecule has 0 saturated carbocycles. The molecule has 1 aliphatic rings. The number of nitrogens with one attached hydrogen (secondary N) is 1. The topological polar surface area (TPSA) is 90.1 Å². The number of aromatic nitrogens is 2. The Morgan fingerprint density at radius 3 is 3.11 bits per heavy atom. The number of amides is 1. The molecule has 6 nitrogen and oxygen atoms in total. The van der Waals surface area contributed by atoms with Gasteiger partial charge in [-0.25, -0.2) is 9.97 Å². The smallest absolute Gasteiger partial charge is 0.249 e. The highest BCUT2D eigenvalue weighted by Gasteiger charge is 2.29. The molecule has 0 radical (unpaired) electrons. The third-order valence-electron chi connectivity index (χ3n) is 2.94. The van der Waals surface area contributed by atoms with Gasteiger partial charge in [-0.05, 0) is 25.8 Å². The summed E-state index contributed by atoms with van der Waals surface area (Å²) in [5.74, 6) is 0.601. The fourth-order valence-electron chi connectivity index (χ4n) is 1.97. The summed E-state index contributed by atoms with van der Waals surface area (Å²) in [4.78, 5) is 20.1. The number of ether oxygens (including phenoxy) is 1. The van der Waals surface area contributed by atoms with Gasteiger partial charge in [0.15, 0.2) is 0 Å². The minimum absolute atomic E-state index is 0.0158. The first-order valence-electron chi connectivity index (χ1n) is 6.11. The molecule has 1 aliphatic heterocycles. The van der Waals surface area contributed by atoms with Crippen LogP contribution < -0.4 is 11.1 Å². The Bertz CT molecular complexity index is 424. The maximum atomic E-state index is 11.8. The predicted octanol–water partition coefficient (Wildman–Crippen LogP) is -0.0925. The molecule has 3 N–H and O–H groups in total. The molecule has 1 aromatic rings. The van der Waals surface area contributed by atoms with Crippen LogP contribution in [0.4, 0.5) is 0 Å².